The highest BCUT2D eigenvalue weighted by atomic mass is 16.1. The van der Waals surface area contributed by atoms with Crippen molar-refractivity contribution in [2.45, 2.75) is 38.3 Å². The number of benzene rings is 1. The fraction of sp³-hybridized carbons (Fsp3) is 0.250. The van der Waals surface area contributed by atoms with Crippen LogP contribution >= 0.6 is 0 Å². The third-order valence-corrected chi connectivity index (χ3v) is 5.82. The molecule has 5 heteroatoms. The number of nitrogens with one attached hydrogen (secondary N) is 1. The molecule has 1 fully saturated rings. The predicted octanol–water partition coefficient (Wildman–Crippen LogP) is 4.85. The third-order valence-electron chi connectivity index (χ3n) is 5.82. The standard InChI is InChI=1S/C24H24N4O/c29-24(25-17-18-8-2-1-3-9-18)20-16-23(27-15-7-6-12-21(20)27)22-13-14-26-28(22)19-10-4-5-11-19/h1-3,6-9,12-16,19H,4-5,10-11,17H2,(H,25,29). The van der Waals surface area contributed by atoms with Crippen molar-refractivity contribution in [2.24, 2.45) is 0 Å². The number of fused-ring (bicyclic) bond motifs is 1. The fourth-order valence-electron chi connectivity index (χ4n) is 4.36. The summed E-state index contributed by atoms with van der Waals surface area (Å²) in [7, 11) is 0. The maximum atomic E-state index is 13.0. The van der Waals surface area contributed by atoms with Crippen LogP contribution in [-0.4, -0.2) is 20.1 Å². The summed E-state index contributed by atoms with van der Waals surface area (Å²) in [5.74, 6) is -0.0595. The van der Waals surface area contributed by atoms with Gasteiger partial charge in [0.1, 0.15) is 0 Å². The quantitative estimate of drug-likeness (QED) is 0.535. The zero-order valence-corrected chi connectivity index (χ0v) is 16.3. The first-order valence-electron chi connectivity index (χ1n) is 10.3. The summed E-state index contributed by atoms with van der Waals surface area (Å²) in [6.07, 6.45) is 8.73. The van der Waals surface area contributed by atoms with E-state index in [9.17, 15) is 4.79 Å². The lowest BCUT2D eigenvalue weighted by molar-refractivity contribution is 0.0952. The molecule has 0 radical (unpaired) electrons. The van der Waals surface area contributed by atoms with Crippen molar-refractivity contribution in [1.29, 1.82) is 0 Å². The molecule has 0 aliphatic heterocycles. The molecule has 3 aromatic heterocycles. The molecular weight excluding hydrogens is 360 g/mol. The van der Waals surface area contributed by atoms with Crippen molar-refractivity contribution < 1.29 is 4.79 Å². The molecule has 1 aromatic carbocycles. The van der Waals surface area contributed by atoms with Crippen molar-refractivity contribution in [3.8, 4) is 11.4 Å². The summed E-state index contributed by atoms with van der Waals surface area (Å²) in [6.45, 7) is 0.513. The second-order valence-corrected chi connectivity index (χ2v) is 7.67. The number of hydrogen-bond acceptors (Lipinski definition) is 2. The Morgan fingerprint density at radius 3 is 2.62 bits per heavy atom. The van der Waals surface area contributed by atoms with Crippen LogP contribution in [0.3, 0.4) is 0 Å². The van der Waals surface area contributed by atoms with Gasteiger partial charge in [0.15, 0.2) is 0 Å². The summed E-state index contributed by atoms with van der Waals surface area (Å²) < 4.78 is 4.24. The molecule has 1 N–H and O–H groups in total. The molecule has 0 atom stereocenters. The maximum Gasteiger partial charge on any atom is 0.253 e. The lowest BCUT2D eigenvalue weighted by Crippen LogP contribution is -2.22. The third kappa shape index (κ3) is 3.33. The predicted molar refractivity (Wildman–Crippen MR) is 114 cm³/mol. The Labute approximate surface area is 170 Å². The lowest BCUT2D eigenvalue weighted by atomic mass is 10.2. The monoisotopic (exact) mass is 384 g/mol. The minimum Gasteiger partial charge on any atom is -0.348 e. The van der Waals surface area contributed by atoms with Crippen molar-refractivity contribution in [1.82, 2.24) is 19.5 Å². The van der Waals surface area contributed by atoms with Crippen LogP contribution in [0.5, 0.6) is 0 Å². The molecule has 1 aliphatic rings. The van der Waals surface area contributed by atoms with E-state index < -0.39 is 0 Å². The largest absolute Gasteiger partial charge is 0.348 e. The van der Waals surface area contributed by atoms with Gasteiger partial charge in [-0.15, -0.1) is 0 Å². The highest BCUT2D eigenvalue weighted by Gasteiger charge is 2.23. The van der Waals surface area contributed by atoms with Crippen LogP contribution in [0.2, 0.25) is 0 Å². The van der Waals surface area contributed by atoms with Crippen LogP contribution in [-0.2, 0) is 6.54 Å². The van der Waals surface area contributed by atoms with Gasteiger partial charge < -0.3 is 9.72 Å². The Bertz CT molecular complexity index is 1140. The number of carbonyl (C=O) groups excluding carboxylic acids is 1. The van der Waals surface area contributed by atoms with Gasteiger partial charge in [0, 0.05) is 18.9 Å². The number of nitrogens with zero attached hydrogens (tertiary/aromatic N) is 3. The Morgan fingerprint density at radius 1 is 1.00 bits per heavy atom. The number of rotatable bonds is 5. The first-order valence-corrected chi connectivity index (χ1v) is 10.3. The van der Waals surface area contributed by atoms with Crippen molar-refractivity contribution in [3.05, 3.63) is 84.2 Å². The summed E-state index contributed by atoms with van der Waals surface area (Å²) in [6, 6.07) is 20.5. The van der Waals surface area contributed by atoms with Crippen LogP contribution < -0.4 is 5.32 Å². The van der Waals surface area contributed by atoms with E-state index in [4.69, 9.17) is 0 Å². The first kappa shape index (κ1) is 17.7. The summed E-state index contributed by atoms with van der Waals surface area (Å²) in [4.78, 5) is 13.0. The Kier molecular flexibility index (Phi) is 4.64. The lowest BCUT2D eigenvalue weighted by Gasteiger charge is -2.14. The minimum atomic E-state index is -0.0595. The summed E-state index contributed by atoms with van der Waals surface area (Å²) in [5, 5.41) is 7.68. The molecule has 29 heavy (non-hydrogen) atoms. The number of pyridine rings is 1. The van der Waals surface area contributed by atoms with E-state index >= 15 is 0 Å². The average Bonchev–Trinajstić information content (AvgIpc) is 3.51. The van der Waals surface area contributed by atoms with Crippen molar-refractivity contribution in [2.75, 3.05) is 0 Å². The number of hydrogen-bond donors (Lipinski definition) is 1. The molecule has 146 valence electrons. The van der Waals surface area contributed by atoms with Crippen molar-refractivity contribution >= 4 is 11.4 Å². The summed E-state index contributed by atoms with van der Waals surface area (Å²) in [5.41, 5.74) is 4.77. The van der Waals surface area contributed by atoms with Crippen LogP contribution in [0, 0.1) is 0 Å². The van der Waals surface area contributed by atoms with Gasteiger partial charge in [-0.2, -0.15) is 5.10 Å². The smallest absolute Gasteiger partial charge is 0.253 e. The number of carbonyl (C=O) groups is 1. The van der Waals surface area contributed by atoms with E-state index in [1.165, 1.54) is 25.7 Å². The van der Waals surface area contributed by atoms with Crippen LogP contribution in [0.25, 0.3) is 16.9 Å². The highest BCUT2D eigenvalue weighted by molar-refractivity contribution is 6.02. The number of aromatic nitrogens is 3. The molecule has 1 aliphatic carbocycles. The van der Waals surface area contributed by atoms with E-state index in [0.29, 0.717) is 18.2 Å². The van der Waals surface area contributed by atoms with Gasteiger partial charge in [0.2, 0.25) is 0 Å². The minimum absolute atomic E-state index is 0.0595. The van der Waals surface area contributed by atoms with Gasteiger partial charge in [0.25, 0.3) is 5.91 Å². The van der Waals surface area contributed by atoms with Gasteiger partial charge in [-0.05, 0) is 42.7 Å². The Morgan fingerprint density at radius 2 is 1.79 bits per heavy atom. The van der Waals surface area contributed by atoms with E-state index in [-0.39, 0.29) is 5.91 Å². The molecule has 5 rings (SSSR count). The Balaban J connectivity index is 1.50. The van der Waals surface area contributed by atoms with E-state index in [2.05, 4.69) is 25.6 Å². The molecule has 0 saturated heterocycles. The van der Waals surface area contributed by atoms with Gasteiger partial charge in [-0.3, -0.25) is 9.48 Å². The SMILES string of the molecule is O=C(NCc1ccccc1)c1cc(-c2ccnn2C2CCCC2)n2ccccc12. The molecule has 0 bridgehead atoms. The van der Waals surface area contributed by atoms with E-state index in [0.717, 1.165) is 22.5 Å². The van der Waals surface area contributed by atoms with Gasteiger partial charge in [-0.25, -0.2) is 0 Å². The molecule has 4 aromatic rings. The molecule has 0 spiro atoms. The summed E-state index contributed by atoms with van der Waals surface area (Å²) >= 11 is 0. The molecule has 1 amide bonds. The molecule has 0 unspecified atom stereocenters. The van der Waals surface area contributed by atoms with Gasteiger partial charge in [0.05, 0.1) is 28.5 Å². The van der Waals surface area contributed by atoms with E-state index in [1.54, 1.807) is 0 Å². The second kappa shape index (κ2) is 7.59. The number of amides is 1. The topological polar surface area (TPSA) is 51.3 Å². The van der Waals surface area contributed by atoms with Crippen LogP contribution in [0.15, 0.2) is 73.1 Å². The van der Waals surface area contributed by atoms with Crippen molar-refractivity contribution in [3.63, 3.8) is 0 Å². The second-order valence-electron chi connectivity index (χ2n) is 7.67. The van der Waals surface area contributed by atoms with Gasteiger partial charge in [-0.1, -0.05) is 49.2 Å². The fourth-order valence-corrected chi connectivity index (χ4v) is 4.36. The average molecular weight is 384 g/mol. The molecule has 1 saturated carbocycles. The van der Waals surface area contributed by atoms with Crippen LogP contribution in [0.1, 0.15) is 47.6 Å². The normalized spacial score (nSPS) is 14.5. The highest BCUT2D eigenvalue weighted by Crippen LogP contribution is 2.34. The van der Waals surface area contributed by atoms with E-state index in [1.807, 2.05) is 67.0 Å². The molecular formula is C24H24N4O. The van der Waals surface area contributed by atoms with Gasteiger partial charge >= 0.3 is 0 Å². The Hall–Kier alpha value is -3.34. The molecule has 3 heterocycles. The zero-order valence-electron chi connectivity index (χ0n) is 16.3. The zero-order chi connectivity index (χ0) is 19.6. The first-order chi connectivity index (χ1) is 14.3. The van der Waals surface area contributed by atoms with Crippen LogP contribution in [0.4, 0.5) is 0 Å². The molecule has 5 nitrogen and oxygen atoms in total. The maximum absolute atomic E-state index is 13.0.